The molecule has 0 fully saturated rings. The van der Waals surface area contributed by atoms with E-state index in [1.54, 1.807) is 0 Å². The summed E-state index contributed by atoms with van der Waals surface area (Å²) in [6.45, 7) is 3.15. The molecular weight excluding hydrogens is 866 g/mol. The van der Waals surface area contributed by atoms with E-state index < -0.39 is 11.9 Å². The van der Waals surface area contributed by atoms with Gasteiger partial charge in [0.25, 0.3) is 0 Å². The number of carbonyl (C=O) groups excluding carboxylic acids is 2. The third kappa shape index (κ3) is 43.2. The van der Waals surface area contributed by atoms with Crippen molar-refractivity contribution < 1.29 is 39.5 Å². The summed E-state index contributed by atoms with van der Waals surface area (Å²) in [5.74, 6) is -1.95. The maximum Gasteiger partial charge on any atom is 2.00 e. The van der Waals surface area contributed by atoms with E-state index in [2.05, 4.69) is 24.3 Å². The SMILES string of the molecule is O=C([O-])CCCCCC(O)CCCCCCCCCCCOCc1ccccc1.O=C([O-])CCCCCC(O)CCCCCCCCCCCOCc1ccccc1.[Ba+2]. The Balaban J connectivity index is 0.00000112. The van der Waals surface area contributed by atoms with Crippen LogP contribution in [-0.2, 0) is 32.3 Å². The molecule has 59 heavy (non-hydrogen) atoms. The van der Waals surface area contributed by atoms with E-state index in [-0.39, 0.29) is 73.9 Å². The van der Waals surface area contributed by atoms with Crippen LogP contribution in [0.2, 0.25) is 0 Å². The van der Waals surface area contributed by atoms with E-state index in [4.69, 9.17) is 9.47 Å². The molecule has 0 bridgehead atoms. The number of hydrogen-bond acceptors (Lipinski definition) is 8. The fourth-order valence-corrected chi connectivity index (χ4v) is 7.11. The number of carboxylic acids is 2. The first-order chi connectivity index (χ1) is 28.4. The van der Waals surface area contributed by atoms with Crippen LogP contribution in [0.5, 0.6) is 0 Å². The summed E-state index contributed by atoms with van der Waals surface area (Å²) in [5.41, 5.74) is 2.49. The molecule has 0 aliphatic carbocycles. The molecule has 0 aromatic heterocycles. The summed E-state index contributed by atoms with van der Waals surface area (Å²) in [5, 5.41) is 40.5. The van der Waals surface area contributed by atoms with Crippen molar-refractivity contribution in [2.75, 3.05) is 13.2 Å². The van der Waals surface area contributed by atoms with Crippen LogP contribution in [0.15, 0.2) is 60.7 Å². The standard InChI is InChI=1S/2C25H42O4.Ba/c2*26-24(19-13-9-14-20-25(27)28)18-12-6-4-2-1-3-5-7-15-21-29-22-23-16-10-8-11-17-23;/h2*8,10-11,16-17,24,26H,1-7,9,12-15,18-22H2,(H,27,28);/q;;+2/p-2. The Bertz CT molecular complexity index is 1080. The number of hydrogen-bond donors (Lipinski definition) is 2. The number of carboxylic acid groups (broad SMARTS) is 2. The number of ether oxygens (including phenoxy) is 2. The molecule has 0 aliphatic heterocycles. The van der Waals surface area contributed by atoms with Gasteiger partial charge in [0, 0.05) is 25.2 Å². The van der Waals surface area contributed by atoms with Crippen molar-refractivity contribution in [3.63, 3.8) is 0 Å². The van der Waals surface area contributed by atoms with Crippen LogP contribution in [0.1, 0.15) is 204 Å². The second-order valence-corrected chi connectivity index (χ2v) is 16.3. The smallest absolute Gasteiger partial charge is 0.550 e. The fraction of sp³-hybridized carbons (Fsp3) is 0.720. The maximum atomic E-state index is 10.3. The summed E-state index contributed by atoms with van der Waals surface area (Å²) in [6, 6.07) is 20.7. The number of rotatable bonds is 40. The normalized spacial score (nSPS) is 12.0. The Morgan fingerprint density at radius 1 is 0.407 bits per heavy atom. The second-order valence-electron chi connectivity index (χ2n) is 16.3. The number of aliphatic carboxylic acids is 2. The largest absolute Gasteiger partial charge is 2.00 e. The Morgan fingerprint density at radius 3 is 0.949 bits per heavy atom. The van der Waals surface area contributed by atoms with Crippen LogP contribution < -0.4 is 10.2 Å². The summed E-state index contributed by atoms with van der Waals surface area (Å²) in [7, 11) is 0. The molecule has 0 aliphatic rings. The molecule has 2 aromatic carbocycles. The maximum absolute atomic E-state index is 10.3. The number of aliphatic hydroxyl groups excluding tert-OH is 2. The minimum atomic E-state index is -0.974. The average Bonchev–Trinajstić information content (AvgIpc) is 3.22. The number of carbonyl (C=O) groups is 2. The van der Waals surface area contributed by atoms with Crippen molar-refractivity contribution in [2.24, 2.45) is 0 Å². The first kappa shape index (κ1) is 57.8. The van der Waals surface area contributed by atoms with Crippen LogP contribution in [-0.4, -0.2) is 96.5 Å². The van der Waals surface area contributed by atoms with Gasteiger partial charge in [-0.3, -0.25) is 0 Å². The predicted molar refractivity (Wildman–Crippen MR) is 238 cm³/mol. The minimum Gasteiger partial charge on any atom is -0.550 e. The molecule has 2 atom stereocenters. The monoisotopic (exact) mass is 949 g/mol. The van der Waals surface area contributed by atoms with Gasteiger partial charge in [0.05, 0.1) is 25.4 Å². The molecule has 0 saturated heterocycles. The molecule has 0 radical (unpaired) electrons. The zero-order chi connectivity index (χ0) is 42.0. The zero-order valence-corrected chi connectivity index (χ0v) is 41.5. The molecule has 2 N–H and O–H groups in total. The van der Waals surface area contributed by atoms with E-state index in [0.717, 1.165) is 103 Å². The van der Waals surface area contributed by atoms with Gasteiger partial charge in [-0.25, -0.2) is 0 Å². The van der Waals surface area contributed by atoms with Gasteiger partial charge in [0.1, 0.15) is 0 Å². The van der Waals surface area contributed by atoms with E-state index in [9.17, 15) is 30.0 Å². The topological polar surface area (TPSA) is 139 Å². The van der Waals surface area contributed by atoms with Crippen molar-refractivity contribution in [3.8, 4) is 0 Å². The average molecular weight is 949 g/mol. The van der Waals surface area contributed by atoms with E-state index in [1.165, 1.54) is 101 Å². The van der Waals surface area contributed by atoms with Crippen molar-refractivity contribution in [1.29, 1.82) is 0 Å². The second kappa shape index (κ2) is 44.8. The quantitative estimate of drug-likeness (QED) is 0.0498. The number of aliphatic hydroxyl groups is 2. The van der Waals surface area contributed by atoms with Crippen LogP contribution in [0.3, 0.4) is 0 Å². The Kier molecular flexibility index (Phi) is 43.9. The zero-order valence-electron chi connectivity index (χ0n) is 37.0. The molecule has 2 unspecified atom stereocenters. The van der Waals surface area contributed by atoms with Crippen molar-refractivity contribution >= 4 is 60.8 Å². The van der Waals surface area contributed by atoms with Gasteiger partial charge in [-0.1, -0.05) is 189 Å². The summed E-state index contributed by atoms with van der Waals surface area (Å²) >= 11 is 0. The summed E-state index contributed by atoms with van der Waals surface area (Å²) < 4.78 is 11.4. The fourth-order valence-electron chi connectivity index (χ4n) is 7.11. The Labute approximate surface area is 400 Å². The van der Waals surface area contributed by atoms with Gasteiger partial charge < -0.3 is 39.5 Å². The molecule has 2 rings (SSSR count). The summed E-state index contributed by atoms with van der Waals surface area (Å²) in [6.07, 6.45) is 30.4. The van der Waals surface area contributed by atoms with Crippen LogP contribution >= 0.6 is 0 Å². The molecule has 0 spiro atoms. The Morgan fingerprint density at radius 2 is 0.661 bits per heavy atom. The van der Waals surface area contributed by atoms with Gasteiger partial charge >= 0.3 is 48.9 Å². The molecule has 0 amide bonds. The van der Waals surface area contributed by atoms with Crippen LogP contribution in [0.25, 0.3) is 0 Å². The van der Waals surface area contributed by atoms with Gasteiger partial charge in [-0.05, 0) is 75.3 Å². The third-order valence-corrected chi connectivity index (χ3v) is 10.7. The van der Waals surface area contributed by atoms with Gasteiger partial charge in [0.15, 0.2) is 0 Å². The predicted octanol–water partition coefficient (Wildman–Crippen LogP) is 9.95. The third-order valence-electron chi connectivity index (χ3n) is 10.7. The minimum absolute atomic E-state index is 0. The van der Waals surface area contributed by atoms with Crippen molar-refractivity contribution in [1.82, 2.24) is 0 Å². The summed E-state index contributed by atoms with van der Waals surface area (Å²) in [4.78, 5) is 20.6. The molecule has 9 heteroatoms. The molecule has 8 nitrogen and oxygen atoms in total. The van der Waals surface area contributed by atoms with Crippen LogP contribution in [0.4, 0.5) is 0 Å². The van der Waals surface area contributed by atoms with Crippen LogP contribution in [0, 0.1) is 0 Å². The van der Waals surface area contributed by atoms with E-state index in [1.807, 2.05) is 36.4 Å². The van der Waals surface area contributed by atoms with Gasteiger partial charge in [-0.2, -0.15) is 0 Å². The van der Waals surface area contributed by atoms with Gasteiger partial charge in [-0.15, -0.1) is 0 Å². The molecule has 0 saturated carbocycles. The van der Waals surface area contributed by atoms with Crippen molar-refractivity contribution in [3.05, 3.63) is 71.8 Å². The number of unbranched alkanes of at least 4 members (excludes halogenated alkanes) is 20. The van der Waals surface area contributed by atoms with E-state index >= 15 is 0 Å². The molecule has 2 aromatic rings. The molecule has 0 heterocycles. The van der Waals surface area contributed by atoms with Crippen molar-refractivity contribution in [2.45, 2.75) is 218 Å². The number of benzene rings is 2. The Hall–Kier alpha value is -1.21. The molecular formula is C50H82BaO8. The van der Waals surface area contributed by atoms with E-state index in [0.29, 0.717) is 12.8 Å². The molecule has 332 valence electrons. The first-order valence-corrected chi connectivity index (χ1v) is 23.4. The first-order valence-electron chi connectivity index (χ1n) is 23.4. The van der Waals surface area contributed by atoms with Gasteiger partial charge in [0.2, 0.25) is 0 Å².